The molecule has 0 aliphatic carbocycles. The van der Waals surface area contributed by atoms with E-state index in [4.69, 9.17) is 5.73 Å². The number of nitrogens with zero attached hydrogens (tertiary/aromatic N) is 3. The molecule has 0 aliphatic rings. The van der Waals surface area contributed by atoms with Gasteiger partial charge in [-0.15, -0.1) is 16.9 Å². The topological polar surface area (TPSA) is 56.7 Å². The van der Waals surface area contributed by atoms with Gasteiger partial charge in [0.25, 0.3) is 0 Å². The van der Waals surface area contributed by atoms with E-state index in [2.05, 4.69) is 28.7 Å². The van der Waals surface area contributed by atoms with E-state index >= 15 is 0 Å². The maximum absolute atomic E-state index is 5.48. The highest BCUT2D eigenvalue weighted by molar-refractivity contribution is 7.98. The van der Waals surface area contributed by atoms with Gasteiger partial charge in [0.1, 0.15) is 0 Å². The monoisotopic (exact) mass is 262 g/mol. The molecule has 1 aromatic carbocycles. The number of hydrogen-bond donors (Lipinski definition) is 1. The number of aryl methyl sites for hydroxylation is 1. The van der Waals surface area contributed by atoms with Crippen LogP contribution in [0, 0.1) is 0 Å². The SMILES string of the molecule is CSc1ccccc1-n1cc(CCCCN)nn1. The van der Waals surface area contributed by atoms with E-state index < -0.39 is 0 Å². The maximum atomic E-state index is 5.48. The summed E-state index contributed by atoms with van der Waals surface area (Å²) in [6.45, 7) is 0.740. The van der Waals surface area contributed by atoms with Crippen LogP contribution < -0.4 is 5.73 Å². The summed E-state index contributed by atoms with van der Waals surface area (Å²) in [6.07, 6.45) is 7.12. The van der Waals surface area contributed by atoms with Gasteiger partial charge in [-0.2, -0.15) is 0 Å². The summed E-state index contributed by atoms with van der Waals surface area (Å²) in [6, 6.07) is 8.21. The Morgan fingerprint density at radius 3 is 2.89 bits per heavy atom. The third-order valence-corrected chi connectivity index (χ3v) is 3.54. The molecule has 0 bridgehead atoms. The molecule has 5 heteroatoms. The van der Waals surface area contributed by atoms with Gasteiger partial charge in [0.05, 0.1) is 17.6 Å². The number of benzene rings is 1. The van der Waals surface area contributed by atoms with E-state index in [1.54, 1.807) is 11.8 Å². The highest BCUT2D eigenvalue weighted by Gasteiger charge is 2.06. The highest BCUT2D eigenvalue weighted by atomic mass is 32.2. The fourth-order valence-electron chi connectivity index (χ4n) is 1.80. The summed E-state index contributed by atoms with van der Waals surface area (Å²) in [4.78, 5) is 1.20. The van der Waals surface area contributed by atoms with Crippen LogP contribution >= 0.6 is 11.8 Å². The van der Waals surface area contributed by atoms with Crippen LogP contribution in [0.1, 0.15) is 18.5 Å². The minimum absolute atomic E-state index is 0.740. The summed E-state index contributed by atoms with van der Waals surface area (Å²) in [5.41, 5.74) is 7.60. The van der Waals surface area contributed by atoms with Crippen molar-refractivity contribution in [1.82, 2.24) is 15.0 Å². The Morgan fingerprint density at radius 1 is 1.28 bits per heavy atom. The molecule has 0 saturated carbocycles. The Balaban J connectivity index is 2.13. The molecule has 1 heterocycles. The highest BCUT2D eigenvalue weighted by Crippen LogP contribution is 2.22. The predicted octanol–water partition coefficient (Wildman–Crippen LogP) is 2.27. The molecule has 18 heavy (non-hydrogen) atoms. The number of unbranched alkanes of at least 4 members (excludes halogenated alkanes) is 1. The quantitative estimate of drug-likeness (QED) is 0.641. The summed E-state index contributed by atoms with van der Waals surface area (Å²) in [7, 11) is 0. The molecule has 2 N–H and O–H groups in total. The number of rotatable bonds is 6. The molecule has 4 nitrogen and oxygen atoms in total. The molecule has 0 fully saturated rings. The van der Waals surface area contributed by atoms with Crippen molar-refractivity contribution in [3.05, 3.63) is 36.2 Å². The molecule has 2 aromatic rings. The van der Waals surface area contributed by atoms with Gasteiger partial charge in [-0.05, 0) is 44.2 Å². The van der Waals surface area contributed by atoms with Crippen LogP contribution in [0.3, 0.4) is 0 Å². The molecular weight excluding hydrogens is 244 g/mol. The van der Waals surface area contributed by atoms with Crippen LogP contribution in [0.25, 0.3) is 5.69 Å². The lowest BCUT2D eigenvalue weighted by Gasteiger charge is -2.05. The summed E-state index contributed by atoms with van der Waals surface area (Å²) >= 11 is 1.72. The van der Waals surface area contributed by atoms with Crippen molar-refractivity contribution in [3.63, 3.8) is 0 Å². The van der Waals surface area contributed by atoms with Crippen LogP contribution in [0.4, 0.5) is 0 Å². The Bertz CT molecular complexity index is 495. The average Bonchev–Trinajstić information content (AvgIpc) is 2.88. The van der Waals surface area contributed by atoms with Gasteiger partial charge in [-0.25, -0.2) is 4.68 Å². The molecule has 0 atom stereocenters. The van der Waals surface area contributed by atoms with E-state index in [-0.39, 0.29) is 0 Å². The van der Waals surface area contributed by atoms with Crippen molar-refractivity contribution in [2.45, 2.75) is 24.2 Å². The van der Waals surface area contributed by atoms with Gasteiger partial charge in [-0.1, -0.05) is 17.3 Å². The van der Waals surface area contributed by atoms with Crippen LogP contribution in [-0.2, 0) is 6.42 Å². The van der Waals surface area contributed by atoms with Gasteiger partial charge >= 0.3 is 0 Å². The number of nitrogens with two attached hydrogens (primary N) is 1. The zero-order valence-corrected chi connectivity index (χ0v) is 11.4. The normalized spacial score (nSPS) is 10.8. The molecule has 2 rings (SSSR count). The fourth-order valence-corrected chi connectivity index (χ4v) is 2.39. The lowest BCUT2D eigenvalue weighted by Crippen LogP contribution is -1.99. The first-order chi connectivity index (χ1) is 8.85. The standard InChI is InChI=1S/C13H18N4S/c1-18-13-8-3-2-7-12(13)17-10-11(15-16-17)6-4-5-9-14/h2-3,7-8,10H,4-6,9,14H2,1H3. The third-order valence-electron chi connectivity index (χ3n) is 2.76. The zero-order valence-electron chi connectivity index (χ0n) is 10.5. The lowest BCUT2D eigenvalue weighted by atomic mass is 10.2. The van der Waals surface area contributed by atoms with Gasteiger partial charge in [0.2, 0.25) is 0 Å². The van der Waals surface area contributed by atoms with Crippen molar-refractivity contribution in [2.75, 3.05) is 12.8 Å². The smallest absolute Gasteiger partial charge is 0.0831 e. The van der Waals surface area contributed by atoms with E-state index in [0.29, 0.717) is 0 Å². The van der Waals surface area contributed by atoms with E-state index in [1.807, 2.05) is 23.0 Å². The van der Waals surface area contributed by atoms with Crippen molar-refractivity contribution in [3.8, 4) is 5.69 Å². The van der Waals surface area contributed by atoms with Crippen molar-refractivity contribution < 1.29 is 0 Å². The Labute approximate surface area is 112 Å². The van der Waals surface area contributed by atoms with E-state index in [9.17, 15) is 0 Å². The molecule has 0 radical (unpaired) electrons. The summed E-state index contributed by atoms with van der Waals surface area (Å²) in [5, 5.41) is 8.40. The van der Waals surface area contributed by atoms with Crippen LogP contribution in [0.15, 0.2) is 35.4 Å². The molecule has 0 saturated heterocycles. The molecule has 0 unspecified atom stereocenters. The molecule has 0 aliphatic heterocycles. The van der Waals surface area contributed by atoms with Crippen LogP contribution in [0.5, 0.6) is 0 Å². The van der Waals surface area contributed by atoms with Gasteiger partial charge in [0, 0.05) is 4.90 Å². The molecule has 0 amide bonds. The minimum Gasteiger partial charge on any atom is -0.330 e. The Hall–Kier alpha value is -1.33. The first kappa shape index (κ1) is 13.1. The zero-order chi connectivity index (χ0) is 12.8. The van der Waals surface area contributed by atoms with Crippen molar-refractivity contribution >= 4 is 11.8 Å². The largest absolute Gasteiger partial charge is 0.330 e. The second-order valence-corrected chi connectivity index (χ2v) is 4.92. The predicted molar refractivity (Wildman–Crippen MR) is 75.1 cm³/mol. The lowest BCUT2D eigenvalue weighted by molar-refractivity contribution is 0.726. The Kier molecular flexibility index (Phi) is 4.78. The second-order valence-electron chi connectivity index (χ2n) is 4.07. The van der Waals surface area contributed by atoms with Gasteiger partial charge in [0.15, 0.2) is 0 Å². The first-order valence-corrected chi connectivity index (χ1v) is 7.32. The molecule has 0 spiro atoms. The Morgan fingerprint density at radius 2 is 2.11 bits per heavy atom. The van der Waals surface area contributed by atoms with Crippen LogP contribution in [0.2, 0.25) is 0 Å². The second kappa shape index (κ2) is 6.56. The number of hydrogen-bond acceptors (Lipinski definition) is 4. The number of thioether (sulfide) groups is 1. The molecular formula is C13H18N4S. The molecule has 1 aromatic heterocycles. The molecule has 96 valence electrons. The minimum atomic E-state index is 0.740. The maximum Gasteiger partial charge on any atom is 0.0831 e. The summed E-state index contributed by atoms with van der Waals surface area (Å²) < 4.78 is 1.85. The van der Waals surface area contributed by atoms with Gasteiger partial charge < -0.3 is 5.73 Å². The van der Waals surface area contributed by atoms with E-state index in [0.717, 1.165) is 37.2 Å². The number of aromatic nitrogens is 3. The fraction of sp³-hybridized carbons (Fsp3) is 0.385. The van der Waals surface area contributed by atoms with E-state index in [1.165, 1.54) is 4.90 Å². The van der Waals surface area contributed by atoms with Gasteiger partial charge in [-0.3, -0.25) is 0 Å². The van der Waals surface area contributed by atoms with Crippen molar-refractivity contribution in [2.24, 2.45) is 5.73 Å². The average molecular weight is 262 g/mol. The summed E-state index contributed by atoms with van der Waals surface area (Å²) in [5.74, 6) is 0. The third kappa shape index (κ3) is 3.11. The van der Waals surface area contributed by atoms with Crippen molar-refractivity contribution in [1.29, 1.82) is 0 Å². The number of para-hydroxylation sites is 1. The van der Waals surface area contributed by atoms with Crippen LogP contribution in [-0.4, -0.2) is 27.8 Å². The first-order valence-electron chi connectivity index (χ1n) is 6.10.